The monoisotopic (exact) mass is 270 g/mol. The van der Waals surface area contributed by atoms with Gasteiger partial charge in [0.1, 0.15) is 11.5 Å². The van der Waals surface area contributed by atoms with Crippen LogP contribution in [0.2, 0.25) is 0 Å². The molecule has 0 bridgehead atoms. The van der Waals surface area contributed by atoms with Gasteiger partial charge in [0.05, 0.1) is 17.9 Å². The second-order valence-electron chi connectivity index (χ2n) is 5.40. The van der Waals surface area contributed by atoms with Gasteiger partial charge in [0, 0.05) is 30.6 Å². The first-order chi connectivity index (χ1) is 9.58. The number of rotatable bonds is 3. The molecule has 0 aromatic carbocycles. The zero-order valence-corrected chi connectivity index (χ0v) is 11.9. The summed E-state index contributed by atoms with van der Waals surface area (Å²) in [6.07, 6.45) is 8.06. The third kappa shape index (κ3) is 1.93. The molecule has 0 spiro atoms. The van der Waals surface area contributed by atoms with Gasteiger partial charge in [0.25, 0.3) is 0 Å². The van der Waals surface area contributed by atoms with Gasteiger partial charge in [-0.2, -0.15) is 10.2 Å². The Morgan fingerprint density at radius 1 is 1.30 bits per heavy atom. The van der Waals surface area contributed by atoms with Crippen molar-refractivity contribution in [2.24, 2.45) is 13.0 Å². The molecule has 6 nitrogen and oxygen atoms in total. The fraction of sp³-hybridized carbons (Fsp3) is 0.357. The first-order valence-electron chi connectivity index (χ1n) is 6.67. The maximum Gasteiger partial charge on any atom is 0.125 e. The minimum Gasteiger partial charge on any atom is -0.384 e. The predicted molar refractivity (Wildman–Crippen MR) is 78.1 cm³/mol. The van der Waals surface area contributed by atoms with Crippen molar-refractivity contribution >= 4 is 11.3 Å². The van der Waals surface area contributed by atoms with E-state index >= 15 is 0 Å². The number of fused-ring (bicyclic) bond motifs is 1. The molecule has 3 aromatic heterocycles. The van der Waals surface area contributed by atoms with E-state index in [4.69, 9.17) is 5.73 Å². The van der Waals surface area contributed by atoms with E-state index in [9.17, 15) is 0 Å². The summed E-state index contributed by atoms with van der Waals surface area (Å²) in [5.74, 6) is 1.23. The highest BCUT2D eigenvalue weighted by Gasteiger charge is 2.19. The van der Waals surface area contributed by atoms with Gasteiger partial charge in [-0.1, -0.05) is 13.8 Å². The molecular formula is C14H18N6. The molecule has 0 aliphatic carbocycles. The summed E-state index contributed by atoms with van der Waals surface area (Å²) in [5.41, 5.74) is 10.1. The zero-order valence-electron chi connectivity index (χ0n) is 11.9. The van der Waals surface area contributed by atoms with Crippen LogP contribution in [0.4, 0.5) is 5.82 Å². The van der Waals surface area contributed by atoms with Crippen LogP contribution in [0.5, 0.6) is 0 Å². The third-order valence-corrected chi connectivity index (χ3v) is 3.39. The first-order valence-corrected chi connectivity index (χ1v) is 6.67. The molecular weight excluding hydrogens is 252 g/mol. The SMILES string of the molecule is CC(C)Cc1c(-c2cnn3ccncc23)nn(C)c1N. The molecule has 0 fully saturated rings. The number of nitrogens with two attached hydrogens (primary N) is 1. The predicted octanol–water partition coefficient (Wildman–Crippen LogP) is 1.91. The van der Waals surface area contributed by atoms with Crippen molar-refractivity contribution in [3.05, 3.63) is 30.4 Å². The summed E-state index contributed by atoms with van der Waals surface area (Å²) < 4.78 is 3.53. The molecule has 104 valence electrons. The number of nitrogens with zero attached hydrogens (tertiary/aromatic N) is 5. The Morgan fingerprint density at radius 2 is 2.10 bits per heavy atom. The molecule has 2 N–H and O–H groups in total. The minimum atomic E-state index is 0.514. The number of aromatic nitrogens is 5. The highest BCUT2D eigenvalue weighted by molar-refractivity contribution is 5.80. The molecule has 3 heterocycles. The van der Waals surface area contributed by atoms with E-state index in [-0.39, 0.29) is 0 Å². The summed E-state index contributed by atoms with van der Waals surface area (Å²) in [5, 5.41) is 8.91. The molecule has 20 heavy (non-hydrogen) atoms. The topological polar surface area (TPSA) is 74.0 Å². The quantitative estimate of drug-likeness (QED) is 0.789. The summed E-state index contributed by atoms with van der Waals surface area (Å²) in [4.78, 5) is 4.16. The van der Waals surface area contributed by atoms with Crippen molar-refractivity contribution in [3.63, 3.8) is 0 Å². The molecule has 0 aliphatic heterocycles. The van der Waals surface area contributed by atoms with E-state index in [0.717, 1.165) is 34.6 Å². The summed E-state index contributed by atoms with van der Waals surface area (Å²) in [7, 11) is 1.87. The second-order valence-corrected chi connectivity index (χ2v) is 5.40. The lowest BCUT2D eigenvalue weighted by Gasteiger charge is -2.06. The van der Waals surface area contributed by atoms with Crippen LogP contribution in [0, 0.1) is 5.92 Å². The normalized spacial score (nSPS) is 11.6. The van der Waals surface area contributed by atoms with Gasteiger partial charge in [-0.15, -0.1) is 0 Å². The van der Waals surface area contributed by atoms with Crippen molar-refractivity contribution in [2.75, 3.05) is 5.73 Å². The second kappa shape index (κ2) is 4.63. The van der Waals surface area contributed by atoms with E-state index in [2.05, 4.69) is 29.0 Å². The highest BCUT2D eigenvalue weighted by Crippen LogP contribution is 2.31. The molecule has 0 atom stereocenters. The van der Waals surface area contributed by atoms with Crippen LogP contribution in [-0.2, 0) is 13.5 Å². The van der Waals surface area contributed by atoms with Gasteiger partial charge in [-0.25, -0.2) is 4.52 Å². The van der Waals surface area contributed by atoms with Gasteiger partial charge in [-0.05, 0) is 12.3 Å². The maximum atomic E-state index is 6.16. The Balaban J connectivity index is 2.21. The molecule has 0 unspecified atom stereocenters. The van der Waals surface area contributed by atoms with E-state index in [1.54, 1.807) is 21.6 Å². The van der Waals surface area contributed by atoms with Gasteiger partial charge in [-0.3, -0.25) is 9.67 Å². The summed E-state index contributed by atoms with van der Waals surface area (Å²) in [6.45, 7) is 4.35. The third-order valence-electron chi connectivity index (χ3n) is 3.39. The maximum absolute atomic E-state index is 6.16. The Morgan fingerprint density at radius 3 is 2.85 bits per heavy atom. The van der Waals surface area contributed by atoms with E-state index in [1.165, 1.54) is 0 Å². The molecule has 0 aliphatic rings. The lowest BCUT2D eigenvalue weighted by Crippen LogP contribution is -2.02. The van der Waals surface area contributed by atoms with Crippen LogP contribution in [0.15, 0.2) is 24.8 Å². The first kappa shape index (κ1) is 12.7. The van der Waals surface area contributed by atoms with Crippen molar-refractivity contribution < 1.29 is 0 Å². The summed E-state index contributed by atoms with van der Waals surface area (Å²) in [6, 6.07) is 0. The fourth-order valence-electron chi connectivity index (χ4n) is 2.42. The summed E-state index contributed by atoms with van der Waals surface area (Å²) >= 11 is 0. The Bertz CT molecular complexity index is 752. The smallest absolute Gasteiger partial charge is 0.125 e. The largest absolute Gasteiger partial charge is 0.384 e. The van der Waals surface area contributed by atoms with Gasteiger partial charge in [0.15, 0.2) is 0 Å². The lowest BCUT2D eigenvalue weighted by molar-refractivity contribution is 0.648. The zero-order chi connectivity index (χ0) is 14.3. The van der Waals surface area contributed by atoms with Crippen molar-refractivity contribution in [3.8, 4) is 11.3 Å². The average Bonchev–Trinajstić information content (AvgIpc) is 2.95. The Labute approximate surface area is 117 Å². The standard InChI is InChI=1S/C14H18N6/c1-9(2)6-10-13(18-19(3)14(10)15)11-7-17-20-5-4-16-8-12(11)20/h4-5,7-9H,6,15H2,1-3H3. The van der Waals surface area contributed by atoms with Crippen LogP contribution >= 0.6 is 0 Å². The molecule has 0 radical (unpaired) electrons. The Hall–Kier alpha value is -2.37. The van der Waals surface area contributed by atoms with Gasteiger partial charge in [0.2, 0.25) is 0 Å². The van der Waals surface area contributed by atoms with Crippen molar-refractivity contribution in [1.82, 2.24) is 24.4 Å². The highest BCUT2D eigenvalue weighted by atomic mass is 15.3. The minimum absolute atomic E-state index is 0.514. The molecule has 3 rings (SSSR count). The van der Waals surface area contributed by atoms with Crippen LogP contribution in [0.25, 0.3) is 16.8 Å². The lowest BCUT2D eigenvalue weighted by atomic mass is 10.00. The van der Waals surface area contributed by atoms with Crippen molar-refractivity contribution in [2.45, 2.75) is 20.3 Å². The molecule has 3 aromatic rings. The molecule has 6 heteroatoms. The number of nitrogen functional groups attached to an aromatic ring is 1. The van der Waals surface area contributed by atoms with Crippen LogP contribution < -0.4 is 5.73 Å². The Kier molecular flexibility index (Phi) is 2.93. The van der Waals surface area contributed by atoms with Gasteiger partial charge < -0.3 is 5.73 Å². The van der Waals surface area contributed by atoms with E-state index in [0.29, 0.717) is 5.92 Å². The number of anilines is 1. The number of hydrogen-bond donors (Lipinski definition) is 1. The number of aryl methyl sites for hydroxylation is 1. The molecule has 0 saturated carbocycles. The molecule has 0 saturated heterocycles. The fourth-order valence-corrected chi connectivity index (χ4v) is 2.42. The van der Waals surface area contributed by atoms with Crippen LogP contribution in [0.1, 0.15) is 19.4 Å². The van der Waals surface area contributed by atoms with E-state index in [1.807, 2.05) is 19.4 Å². The van der Waals surface area contributed by atoms with Gasteiger partial charge >= 0.3 is 0 Å². The number of hydrogen-bond acceptors (Lipinski definition) is 4. The van der Waals surface area contributed by atoms with Crippen molar-refractivity contribution in [1.29, 1.82) is 0 Å². The van der Waals surface area contributed by atoms with Crippen LogP contribution in [-0.4, -0.2) is 24.4 Å². The van der Waals surface area contributed by atoms with Crippen LogP contribution in [0.3, 0.4) is 0 Å². The average molecular weight is 270 g/mol. The van der Waals surface area contributed by atoms with E-state index < -0.39 is 0 Å². The molecule has 0 amide bonds.